The summed E-state index contributed by atoms with van der Waals surface area (Å²) in [6.07, 6.45) is 0. The van der Waals surface area contributed by atoms with Gasteiger partial charge in [0.2, 0.25) is 11.7 Å². The summed E-state index contributed by atoms with van der Waals surface area (Å²) < 4.78 is 7.44. The van der Waals surface area contributed by atoms with Gasteiger partial charge in [0.1, 0.15) is 12.3 Å². The fraction of sp³-hybridized carbons (Fsp3) is 0.364. The van der Waals surface area contributed by atoms with Crippen LogP contribution in [0.4, 0.5) is 5.95 Å². The predicted molar refractivity (Wildman–Crippen MR) is 111 cm³/mol. The fourth-order valence-corrected chi connectivity index (χ4v) is 3.92. The zero-order valence-electron chi connectivity index (χ0n) is 16.5. The van der Waals surface area contributed by atoms with Gasteiger partial charge < -0.3 is 19.1 Å². The number of carbonyl (C=O) groups is 1. The number of anilines is 1. The molecule has 0 atom stereocenters. The molecule has 0 saturated carbocycles. The number of fused-ring (bicyclic) bond motifs is 1. The highest BCUT2D eigenvalue weighted by atomic mass is 16.5. The van der Waals surface area contributed by atoms with Crippen molar-refractivity contribution in [1.29, 1.82) is 0 Å². The second kappa shape index (κ2) is 8.02. The third kappa shape index (κ3) is 3.60. The van der Waals surface area contributed by atoms with Gasteiger partial charge in [-0.2, -0.15) is 0 Å². The standard InChI is InChI=1S/C22H26N4O2/c1-3-26-20-7-5-4-6-19(20)23-22(26)25-14-12-24(13-15-25)16-21(27)17-8-10-18(28-2)11-9-17/h4-11H,3,12-16H2,1-2H3/p+1. The summed E-state index contributed by atoms with van der Waals surface area (Å²) in [6, 6.07) is 15.7. The lowest BCUT2D eigenvalue weighted by Gasteiger charge is -2.32. The molecule has 1 N–H and O–H groups in total. The second-order valence-electron chi connectivity index (χ2n) is 7.21. The summed E-state index contributed by atoms with van der Waals surface area (Å²) in [5, 5.41) is 0. The van der Waals surface area contributed by atoms with Crippen molar-refractivity contribution >= 4 is 22.8 Å². The molecule has 146 valence electrons. The molecule has 0 amide bonds. The number of methoxy groups -OCH3 is 1. The van der Waals surface area contributed by atoms with E-state index in [1.54, 1.807) is 7.11 Å². The third-order valence-corrected chi connectivity index (χ3v) is 5.53. The van der Waals surface area contributed by atoms with E-state index in [0.29, 0.717) is 6.54 Å². The Morgan fingerprint density at radius 3 is 2.50 bits per heavy atom. The van der Waals surface area contributed by atoms with E-state index in [2.05, 4.69) is 34.6 Å². The largest absolute Gasteiger partial charge is 0.497 e. The Morgan fingerprint density at radius 1 is 1.11 bits per heavy atom. The number of para-hydroxylation sites is 2. The average Bonchev–Trinajstić information content (AvgIpc) is 3.13. The number of hydrogen-bond donors (Lipinski definition) is 1. The molecule has 3 aromatic rings. The number of nitrogens with one attached hydrogen (secondary N) is 1. The van der Waals surface area contributed by atoms with Gasteiger partial charge in [-0.1, -0.05) is 12.1 Å². The van der Waals surface area contributed by atoms with Crippen molar-refractivity contribution in [3.8, 4) is 5.75 Å². The first-order valence-corrected chi connectivity index (χ1v) is 9.90. The van der Waals surface area contributed by atoms with Crippen molar-refractivity contribution in [3.05, 3.63) is 54.1 Å². The maximum atomic E-state index is 12.6. The molecule has 1 saturated heterocycles. The number of Topliss-reactive ketones (excluding diaryl/α,β-unsaturated/α-hetero) is 1. The normalized spacial score (nSPS) is 15.1. The Labute approximate surface area is 165 Å². The smallest absolute Gasteiger partial charge is 0.216 e. The third-order valence-electron chi connectivity index (χ3n) is 5.53. The van der Waals surface area contributed by atoms with E-state index in [-0.39, 0.29) is 5.78 Å². The molecule has 1 aliphatic heterocycles. The molecular weight excluding hydrogens is 352 g/mol. The molecule has 0 bridgehead atoms. The zero-order valence-corrected chi connectivity index (χ0v) is 16.5. The first kappa shape index (κ1) is 18.5. The van der Waals surface area contributed by atoms with Gasteiger partial charge >= 0.3 is 0 Å². The van der Waals surface area contributed by atoms with Crippen LogP contribution in [0.2, 0.25) is 0 Å². The van der Waals surface area contributed by atoms with E-state index < -0.39 is 0 Å². The Bertz CT molecular complexity index is 956. The lowest BCUT2D eigenvalue weighted by Crippen LogP contribution is -3.15. The quantitative estimate of drug-likeness (QED) is 0.662. The number of piperazine rings is 1. The molecule has 0 aliphatic carbocycles. The fourth-order valence-electron chi connectivity index (χ4n) is 3.92. The lowest BCUT2D eigenvalue weighted by molar-refractivity contribution is -0.892. The van der Waals surface area contributed by atoms with Crippen LogP contribution < -0.4 is 14.5 Å². The van der Waals surface area contributed by atoms with E-state index in [1.165, 1.54) is 10.4 Å². The van der Waals surface area contributed by atoms with Crippen molar-refractivity contribution in [2.45, 2.75) is 13.5 Å². The number of hydrogen-bond acceptors (Lipinski definition) is 4. The summed E-state index contributed by atoms with van der Waals surface area (Å²) in [5.74, 6) is 2.01. The van der Waals surface area contributed by atoms with Gasteiger partial charge in [-0.15, -0.1) is 0 Å². The van der Waals surface area contributed by atoms with Crippen LogP contribution in [0.15, 0.2) is 48.5 Å². The number of imidazole rings is 1. The van der Waals surface area contributed by atoms with E-state index in [1.807, 2.05) is 30.3 Å². The summed E-state index contributed by atoms with van der Waals surface area (Å²) in [7, 11) is 1.63. The molecule has 1 aromatic heterocycles. The van der Waals surface area contributed by atoms with E-state index in [9.17, 15) is 4.79 Å². The minimum atomic E-state index is 0.187. The summed E-state index contributed by atoms with van der Waals surface area (Å²) >= 11 is 0. The van der Waals surface area contributed by atoms with Gasteiger partial charge in [0, 0.05) is 12.1 Å². The first-order valence-electron chi connectivity index (χ1n) is 9.90. The van der Waals surface area contributed by atoms with Gasteiger partial charge in [0.15, 0.2) is 0 Å². The Balaban J connectivity index is 1.40. The molecule has 0 radical (unpaired) electrons. The molecule has 1 fully saturated rings. The summed E-state index contributed by atoms with van der Waals surface area (Å²) in [5.41, 5.74) is 2.98. The number of quaternary nitrogens is 1. The second-order valence-corrected chi connectivity index (χ2v) is 7.21. The van der Waals surface area contributed by atoms with Crippen molar-refractivity contribution in [1.82, 2.24) is 9.55 Å². The minimum Gasteiger partial charge on any atom is -0.497 e. The zero-order chi connectivity index (χ0) is 19.5. The monoisotopic (exact) mass is 379 g/mol. The van der Waals surface area contributed by atoms with E-state index in [4.69, 9.17) is 9.72 Å². The summed E-state index contributed by atoms with van der Waals surface area (Å²) in [6.45, 7) is 7.29. The maximum absolute atomic E-state index is 12.6. The first-order chi connectivity index (χ1) is 13.7. The number of benzene rings is 2. The van der Waals surface area contributed by atoms with Crippen LogP contribution in [-0.2, 0) is 6.54 Å². The van der Waals surface area contributed by atoms with Crippen LogP contribution in [0, 0.1) is 0 Å². The molecule has 0 spiro atoms. The van der Waals surface area contributed by atoms with Gasteiger partial charge in [0.25, 0.3) is 0 Å². The summed E-state index contributed by atoms with van der Waals surface area (Å²) in [4.78, 5) is 21.1. The Morgan fingerprint density at radius 2 is 1.82 bits per heavy atom. The molecule has 1 aliphatic rings. The van der Waals surface area contributed by atoms with Crippen LogP contribution in [-0.4, -0.2) is 55.2 Å². The number of rotatable bonds is 6. The molecular formula is C22H27N4O2+. The van der Waals surface area contributed by atoms with E-state index in [0.717, 1.165) is 55.5 Å². The van der Waals surface area contributed by atoms with Crippen molar-refractivity contribution in [3.63, 3.8) is 0 Å². The Hall–Kier alpha value is -2.86. The maximum Gasteiger partial charge on any atom is 0.216 e. The molecule has 28 heavy (non-hydrogen) atoms. The molecule has 2 heterocycles. The number of carbonyl (C=O) groups excluding carboxylic acids is 1. The average molecular weight is 379 g/mol. The van der Waals surface area contributed by atoms with E-state index >= 15 is 0 Å². The van der Waals surface area contributed by atoms with Crippen LogP contribution in [0.3, 0.4) is 0 Å². The highest BCUT2D eigenvalue weighted by Gasteiger charge is 2.25. The van der Waals surface area contributed by atoms with Crippen molar-refractivity contribution < 1.29 is 14.4 Å². The van der Waals surface area contributed by atoms with Crippen molar-refractivity contribution in [2.75, 3.05) is 44.7 Å². The van der Waals surface area contributed by atoms with Gasteiger partial charge in [-0.25, -0.2) is 4.98 Å². The van der Waals surface area contributed by atoms with Crippen molar-refractivity contribution in [2.24, 2.45) is 0 Å². The Kier molecular flexibility index (Phi) is 5.30. The van der Waals surface area contributed by atoms with Crippen LogP contribution >= 0.6 is 0 Å². The lowest BCUT2D eigenvalue weighted by atomic mass is 10.1. The number of ketones is 1. The number of aromatic nitrogens is 2. The van der Waals surface area contributed by atoms with Crippen LogP contribution in [0.25, 0.3) is 11.0 Å². The molecule has 2 aromatic carbocycles. The topological polar surface area (TPSA) is 51.8 Å². The molecule has 4 rings (SSSR count). The molecule has 6 heteroatoms. The predicted octanol–water partition coefficient (Wildman–Crippen LogP) is 1.65. The highest BCUT2D eigenvalue weighted by Crippen LogP contribution is 2.22. The van der Waals surface area contributed by atoms with Gasteiger partial charge in [-0.3, -0.25) is 4.79 Å². The number of ether oxygens (including phenoxy) is 1. The molecule has 0 unspecified atom stereocenters. The number of aryl methyl sites for hydroxylation is 1. The molecule has 6 nitrogen and oxygen atoms in total. The SMILES string of the molecule is CCn1c(N2CC[NH+](CC(=O)c3ccc(OC)cc3)CC2)nc2ccccc21. The highest BCUT2D eigenvalue weighted by molar-refractivity contribution is 5.96. The van der Waals surface area contributed by atoms with Gasteiger partial charge in [0.05, 0.1) is 44.3 Å². The van der Waals surface area contributed by atoms with Crippen LogP contribution in [0.1, 0.15) is 17.3 Å². The number of nitrogens with zero attached hydrogens (tertiary/aromatic N) is 3. The van der Waals surface area contributed by atoms with Crippen LogP contribution in [0.5, 0.6) is 5.75 Å². The minimum absolute atomic E-state index is 0.187. The van der Waals surface area contributed by atoms with Gasteiger partial charge in [-0.05, 0) is 43.3 Å².